The molecule has 0 spiro atoms. The maximum Gasteiger partial charge on any atom is 0.306 e. The van der Waals surface area contributed by atoms with Crippen LogP contribution in [0.15, 0.2) is 42.5 Å². The Balaban J connectivity index is 1.22. The largest absolute Gasteiger partial charge is 0.456 e. The second-order valence-corrected chi connectivity index (χ2v) is 8.84. The molecule has 2 aromatic carbocycles. The van der Waals surface area contributed by atoms with Crippen LogP contribution in [0.4, 0.5) is 5.69 Å². The molecule has 1 aromatic heterocycles. The molecule has 0 radical (unpaired) electrons. The number of para-hydroxylation sites is 1. The first-order chi connectivity index (χ1) is 14.6. The summed E-state index contributed by atoms with van der Waals surface area (Å²) in [5.74, 6) is 1.41. The molecule has 156 valence electrons. The lowest BCUT2D eigenvalue weighted by molar-refractivity contribution is -0.148. The maximum absolute atomic E-state index is 12.3. The molecule has 2 aliphatic rings. The van der Waals surface area contributed by atoms with E-state index in [0.29, 0.717) is 18.3 Å². The highest BCUT2D eigenvalue weighted by Gasteiger charge is 2.40. The number of aryl methyl sites for hydroxylation is 1. The van der Waals surface area contributed by atoms with Gasteiger partial charge in [0, 0.05) is 40.5 Å². The van der Waals surface area contributed by atoms with Crippen molar-refractivity contribution < 1.29 is 14.3 Å². The summed E-state index contributed by atoms with van der Waals surface area (Å²) in [6.07, 6.45) is 5.45. The topological polar surface area (TPSA) is 60.3 Å². The van der Waals surface area contributed by atoms with Crippen LogP contribution in [0.3, 0.4) is 0 Å². The van der Waals surface area contributed by atoms with Crippen LogP contribution in [0, 0.1) is 17.8 Å². The number of ether oxygens (including phenoxy) is 1. The van der Waals surface area contributed by atoms with Gasteiger partial charge in [-0.1, -0.05) is 24.6 Å². The third kappa shape index (κ3) is 3.47. The first-order valence-corrected chi connectivity index (χ1v) is 11.1. The van der Waals surface area contributed by atoms with Crippen molar-refractivity contribution in [1.29, 1.82) is 0 Å². The number of benzene rings is 2. The van der Waals surface area contributed by atoms with Gasteiger partial charge < -0.3 is 14.6 Å². The molecular formula is C25H28N2O3. The average molecular weight is 405 g/mol. The molecule has 0 aliphatic heterocycles. The number of carbonyl (C=O) groups excluding carboxylic acids is 2. The molecule has 5 nitrogen and oxygen atoms in total. The van der Waals surface area contributed by atoms with Gasteiger partial charge in [0.15, 0.2) is 6.61 Å². The minimum absolute atomic E-state index is 0.228. The van der Waals surface area contributed by atoms with E-state index in [1.165, 1.54) is 30.2 Å². The Morgan fingerprint density at radius 1 is 1.07 bits per heavy atom. The van der Waals surface area contributed by atoms with E-state index in [2.05, 4.69) is 28.9 Å². The van der Waals surface area contributed by atoms with Crippen molar-refractivity contribution in [3.63, 3.8) is 0 Å². The van der Waals surface area contributed by atoms with Crippen molar-refractivity contribution in [2.45, 2.75) is 45.6 Å². The van der Waals surface area contributed by atoms with Crippen LogP contribution in [0.1, 0.15) is 39.0 Å². The molecule has 5 heteroatoms. The number of esters is 1. The minimum atomic E-state index is -0.296. The average Bonchev–Trinajstić information content (AvgIpc) is 3.45. The Kier molecular flexibility index (Phi) is 4.97. The Labute approximate surface area is 176 Å². The highest BCUT2D eigenvalue weighted by molar-refractivity contribution is 6.09. The molecule has 1 N–H and O–H groups in total. The summed E-state index contributed by atoms with van der Waals surface area (Å²) in [4.78, 5) is 24.5. The second-order valence-electron chi connectivity index (χ2n) is 8.84. The van der Waals surface area contributed by atoms with Crippen molar-refractivity contribution in [2.75, 3.05) is 11.9 Å². The molecule has 0 unspecified atom stereocenters. The summed E-state index contributed by atoms with van der Waals surface area (Å²) >= 11 is 0. The van der Waals surface area contributed by atoms with Crippen molar-refractivity contribution in [1.82, 2.24) is 4.57 Å². The SMILES string of the molecule is CCn1c2ccccc2c2cc(NC(=O)COC(=O)C[C@H]3C[C@H]4CC[C@@H]3C4)ccc21. The third-order valence-electron chi connectivity index (χ3n) is 7.05. The van der Waals surface area contributed by atoms with E-state index in [1.54, 1.807) is 0 Å². The Morgan fingerprint density at radius 2 is 1.90 bits per heavy atom. The fraction of sp³-hybridized carbons (Fsp3) is 0.440. The van der Waals surface area contributed by atoms with Gasteiger partial charge >= 0.3 is 5.97 Å². The first kappa shape index (κ1) is 19.2. The lowest BCUT2D eigenvalue weighted by atomic mass is 9.86. The molecule has 2 bridgehead atoms. The van der Waals surface area contributed by atoms with E-state index < -0.39 is 0 Å². The minimum Gasteiger partial charge on any atom is -0.456 e. The van der Waals surface area contributed by atoms with E-state index in [-0.39, 0.29) is 18.5 Å². The predicted octanol–water partition coefficient (Wildman–Crippen LogP) is 5.12. The molecule has 5 rings (SSSR count). The number of anilines is 1. The molecule has 2 fully saturated rings. The summed E-state index contributed by atoms with van der Waals surface area (Å²) in [6.45, 7) is 2.79. The summed E-state index contributed by atoms with van der Waals surface area (Å²) in [6, 6.07) is 14.2. The number of rotatable bonds is 6. The Hall–Kier alpha value is -2.82. The quantitative estimate of drug-likeness (QED) is 0.580. The zero-order valence-electron chi connectivity index (χ0n) is 17.4. The monoisotopic (exact) mass is 404 g/mol. The molecule has 30 heavy (non-hydrogen) atoms. The van der Waals surface area contributed by atoms with Crippen LogP contribution in [0.2, 0.25) is 0 Å². The van der Waals surface area contributed by atoms with E-state index in [4.69, 9.17) is 4.74 Å². The number of carbonyl (C=O) groups is 2. The first-order valence-electron chi connectivity index (χ1n) is 11.1. The number of hydrogen-bond acceptors (Lipinski definition) is 3. The maximum atomic E-state index is 12.3. The lowest BCUT2D eigenvalue weighted by Gasteiger charge is -2.20. The van der Waals surface area contributed by atoms with Gasteiger partial charge in [-0.15, -0.1) is 0 Å². The molecular weight excluding hydrogens is 376 g/mol. The lowest BCUT2D eigenvalue weighted by Crippen LogP contribution is -2.23. The summed E-state index contributed by atoms with van der Waals surface area (Å²) < 4.78 is 7.54. The Morgan fingerprint density at radius 3 is 2.67 bits per heavy atom. The van der Waals surface area contributed by atoms with Gasteiger partial charge in [0.2, 0.25) is 0 Å². The van der Waals surface area contributed by atoms with Crippen LogP contribution < -0.4 is 5.32 Å². The number of amides is 1. The van der Waals surface area contributed by atoms with Gasteiger partial charge in [0.25, 0.3) is 5.91 Å². The summed E-state index contributed by atoms with van der Waals surface area (Å²) in [5, 5.41) is 5.16. The number of nitrogens with zero attached hydrogens (tertiary/aromatic N) is 1. The highest BCUT2D eigenvalue weighted by Crippen LogP contribution is 2.49. The van der Waals surface area contributed by atoms with Crippen LogP contribution in [0.25, 0.3) is 21.8 Å². The van der Waals surface area contributed by atoms with Crippen molar-refractivity contribution >= 4 is 39.4 Å². The fourth-order valence-electron chi connectivity index (χ4n) is 5.71. The zero-order valence-corrected chi connectivity index (χ0v) is 17.4. The smallest absolute Gasteiger partial charge is 0.306 e. The van der Waals surface area contributed by atoms with E-state index in [0.717, 1.165) is 35.5 Å². The standard InChI is InChI=1S/C25H28N2O3/c1-2-27-22-6-4-3-5-20(22)21-14-19(9-10-23(21)27)26-24(28)15-30-25(29)13-18-12-16-7-8-17(18)11-16/h3-6,9-10,14,16-18H,2,7-8,11-13,15H2,1H3,(H,26,28)/t16-,17+,18+/m0/s1. The van der Waals surface area contributed by atoms with Gasteiger partial charge in [-0.2, -0.15) is 0 Å². The van der Waals surface area contributed by atoms with Crippen LogP contribution in [-0.2, 0) is 20.9 Å². The van der Waals surface area contributed by atoms with E-state index >= 15 is 0 Å². The number of aromatic nitrogens is 1. The van der Waals surface area contributed by atoms with Crippen LogP contribution in [-0.4, -0.2) is 23.1 Å². The molecule has 2 aliphatic carbocycles. The number of fused-ring (bicyclic) bond motifs is 5. The zero-order chi connectivity index (χ0) is 20.7. The van der Waals surface area contributed by atoms with Gasteiger partial charge in [-0.25, -0.2) is 0 Å². The van der Waals surface area contributed by atoms with Crippen molar-refractivity contribution in [3.8, 4) is 0 Å². The Bertz CT molecular complexity index is 1120. The molecule has 0 saturated heterocycles. The van der Waals surface area contributed by atoms with Gasteiger partial charge in [0.05, 0.1) is 0 Å². The van der Waals surface area contributed by atoms with Crippen molar-refractivity contribution in [2.24, 2.45) is 17.8 Å². The molecule has 3 aromatic rings. The second kappa shape index (κ2) is 7.78. The van der Waals surface area contributed by atoms with Gasteiger partial charge in [-0.05, 0) is 68.2 Å². The molecule has 1 amide bonds. The third-order valence-corrected chi connectivity index (χ3v) is 7.05. The van der Waals surface area contributed by atoms with E-state index in [1.807, 2.05) is 30.3 Å². The van der Waals surface area contributed by atoms with Crippen LogP contribution >= 0.6 is 0 Å². The van der Waals surface area contributed by atoms with Crippen LogP contribution in [0.5, 0.6) is 0 Å². The summed E-state index contributed by atoms with van der Waals surface area (Å²) in [7, 11) is 0. The molecule has 2 saturated carbocycles. The molecule has 3 atom stereocenters. The fourth-order valence-corrected chi connectivity index (χ4v) is 5.71. The normalized spacial score (nSPS) is 22.6. The van der Waals surface area contributed by atoms with Crippen molar-refractivity contribution in [3.05, 3.63) is 42.5 Å². The summed E-state index contributed by atoms with van der Waals surface area (Å²) in [5.41, 5.74) is 3.05. The number of hydrogen-bond donors (Lipinski definition) is 1. The predicted molar refractivity (Wildman–Crippen MR) is 118 cm³/mol. The van der Waals surface area contributed by atoms with Gasteiger partial charge in [0.1, 0.15) is 0 Å². The highest BCUT2D eigenvalue weighted by atomic mass is 16.5. The number of nitrogens with one attached hydrogen (secondary N) is 1. The van der Waals surface area contributed by atoms with E-state index in [9.17, 15) is 9.59 Å². The molecule has 1 heterocycles. The van der Waals surface area contributed by atoms with Gasteiger partial charge in [-0.3, -0.25) is 9.59 Å².